The minimum atomic E-state index is -0.258. The molecule has 2 aromatic rings. The predicted molar refractivity (Wildman–Crippen MR) is 88.2 cm³/mol. The number of anilines is 1. The summed E-state index contributed by atoms with van der Waals surface area (Å²) in [6.45, 7) is 0.707. The molecule has 0 aliphatic carbocycles. The summed E-state index contributed by atoms with van der Waals surface area (Å²) < 4.78 is 13.9. The van der Waals surface area contributed by atoms with Gasteiger partial charge in [0.25, 0.3) is 0 Å². The van der Waals surface area contributed by atoms with Gasteiger partial charge in [-0.1, -0.05) is 24.3 Å². The molecule has 1 fully saturated rings. The molecule has 1 atom stereocenters. The Morgan fingerprint density at radius 1 is 1.18 bits per heavy atom. The molecule has 0 spiro atoms. The monoisotopic (exact) mass is 362 g/mol. The van der Waals surface area contributed by atoms with Crippen LogP contribution in [0.3, 0.4) is 0 Å². The average Bonchev–Trinajstić information content (AvgIpc) is 3.00. The van der Waals surface area contributed by atoms with Gasteiger partial charge in [-0.2, -0.15) is 0 Å². The Morgan fingerprint density at radius 3 is 2.64 bits per heavy atom. The maximum atomic E-state index is 13.1. The lowest BCUT2D eigenvalue weighted by Gasteiger charge is -2.25. The van der Waals surface area contributed by atoms with E-state index in [2.05, 4.69) is 21.2 Å². The van der Waals surface area contributed by atoms with Gasteiger partial charge in [0.15, 0.2) is 0 Å². The molecule has 3 nitrogen and oxygen atoms in total. The molecule has 22 heavy (non-hydrogen) atoms. The van der Waals surface area contributed by atoms with Gasteiger partial charge in [0.2, 0.25) is 0 Å². The number of nitrogens with zero attached hydrogens (tertiary/aromatic N) is 1. The van der Waals surface area contributed by atoms with E-state index in [0.29, 0.717) is 6.54 Å². The second-order valence-corrected chi connectivity index (χ2v) is 6.17. The highest BCUT2D eigenvalue weighted by atomic mass is 79.9. The van der Waals surface area contributed by atoms with Crippen LogP contribution in [-0.2, 0) is 0 Å². The number of nitrogens with one attached hydrogen (secondary N) is 1. The zero-order valence-electron chi connectivity index (χ0n) is 11.9. The van der Waals surface area contributed by atoms with Gasteiger partial charge in [0.05, 0.1) is 11.7 Å². The van der Waals surface area contributed by atoms with Crippen molar-refractivity contribution in [2.45, 2.75) is 18.9 Å². The van der Waals surface area contributed by atoms with Gasteiger partial charge < -0.3 is 10.2 Å². The average molecular weight is 363 g/mol. The van der Waals surface area contributed by atoms with E-state index in [1.54, 1.807) is 12.1 Å². The first-order valence-corrected chi connectivity index (χ1v) is 8.02. The van der Waals surface area contributed by atoms with Gasteiger partial charge in [0.1, 0.15) is 5.82 Å². The molecule has 2 amide bonds. The Bertz CT molecular complexity index is 675. The molecule has 1 saturated heterocycles. The van der Waals surface area contributed by atoms with Crippen molar-refractivity contribution >= 4 is 27.6 Å². The van der Waals surface area contributed by atoms with E-state index in [9.17, 15) is 9.18 Å². The normalized spacial score (nSPS) is 17.5. The Hall–Kier alpha value is -1.88. The molecule has 0 saturated carbocycles. The zero-order chi connectivity index (χ0) is 15.5. The van der Waals surface area contributed by atoms with Crippen LogP contribution in [0.2, 0.25) is 0 Å². The molecule has 0 radical (unpaired) electrons. The number of carbonyl (C=O) groups is 1. The molecule has 114 valence electrons. The van der Waals surface area contributed by atoms with E-state index in [1.807, 2.05) is 29.2 Å². The van der Waals surface area contributed by atoms with Gasteiger partial charge in [-0.3, -0.25) is 0 Å². The van der Waals surface area contributed by atoms with Crippen molar-refractivity contribution in [1.29, 1.82) is 0 Å². The van der Waals surface area contributed by atoms with Gasteiger partial charge >= 0.3 is 6.03 Å². The summed E-state index contributed by atoms with van der Waals surface area (Å²) in [5.74, 6) is -0.258. The molecule has 5 heteroatoms. The van der Waals surface area contributed by atoms with E-state index in [1.165, 1.54) is 12.1 Å². The number of benzene rings is 2. The van der Waals surface area contributed by atoms with Crippen LogP contribution in [0.4, 0.5) is 14.9 Å². The number of carbonyl (C=O) groups excluding carboxylic acids is 1. The van der Waals surface area contributed by atoms with Crippen molar-refractivity contribution in [3.63, 3.8) is 0 Å². The molecule has 0 aromatic heterocycles. The molecule has 1 heterocycles. The SMILES string of the molecule is O=C(Nc1ccccc1Br)N1CCC[C@H]1c1ccc(F)cc1. The number of rotatable bonds is 2. The summed E-state index contributed by atoms with van der Waals surface area (Å²) in [5.41, 5.74) is 1.72. The minimum absolute atomic E-state index is 0.00286. The number of hydrogen-bond donors (Lipinski definition) is 1. The first kappa shape index (κ1) is 15.0. The van der Waals surface area contributed by atoms with E-state index in [4.69, 9.17) is 0 Å². The maximum Gasteiger partial charge on any atom is 0.322 e. The lowest BCUT2D eigenvalue weighted by molar-refractivity contribution is 0.207. The zero-order valence-corrected chi connectivity index (χ0v) is 13.5. The topological polar surface area (TPSA) is 32.3 Å². The molecule has 2 aromatic carbocycles. The highest BCUT2D eigenvalue weighted by Gasteiger charge is 2.30. The van der Waals surface area contributed by atoms with Crippen molar-refractivity contribution in [3.05, 3.63) is 64.4 Å². The van der Waals surface area contributed by atoms with Crippen LogP contribution in [-0.4, -0.2) is 17.5 Å². The summed E-state index contributed by atoms with van der Waals surface area (Å²) >= 11 is 3.43. The van der Waals surface area contributed by atoms with E-state index >= 15 is 0 Å². The summed E-state index contributed by atoms with van der Waals surface area (Å²) in [5, 5.41) is 2.93. The fraction of sp³-hybridized carbons (Fsp3) is 0.235. The van der Waals surface area contributed by atoms with Crippen molar-refractivity contribution in [2.75, 3.05) is 11.9 Å². The summed E-state index contributed by atoms with van der Waals surface area (Å²) in [6.07, 6.45) is 1.85. The van der Waals surface area contributed by atoms with Crippen molar-refractivity contribution in [2.24, 2.45) is 0 Å². The van der Waals surface area contributed by atoms with Crippen molar-refractivity contribution < 1.29 is 9.18 Å². The fourth-order valence-electron chi connectivity index (χ4n) is 2.79. The predicted octanol–water partition coefficient (Wildman–Crippen LogP) is 4.96. The molecule has 1 aliphatic heterocycles. The molecule has 1 aliphatic rings. The third kappa shape index (κ3) is 3.14. The van der Waals surface area contributed by atoms with Gasteiger partial charge in [-0.05, 0) is 58.6 Å². The Morgan fingerprint density at radius 2 is 1.91 bits per heavy atom. The van der Waals surface area contributed by atoms with Gasteiger partial charge in [-0.25, -0.2) is 9.18 Å². The van der Waals surface area contributed by atoms with E-state index < -0.39 is 0 Å². The van der Waals surface area contributed by atoms with Crippen LogP contribution in [0.25, 0.3) is 0 Å². The lowest BCUT2D eigenvalue weighted by Crippen LogP contribution is -2.34. The molecular weight excluding hydrogens is 347 g/mol. The third-order valence-electron chi connectivity index (χ3n) is 3.88. The number of urea groups is 1. The first-order valence-electron chi connectivity index (χ1n) is 7.23. The Labute approximate surface area is 137 Å². The molecule has 0 bridgehead atoms. The fourth-order valence-corrected chi connectivity index (χ4v) is 3.17. The summed E-state index contributed by atoms with van der Waals surface area (Å²) in [4.78, 5) is 14.3. The van der Waals surface area contributed by atoms with Crippen LogP contribution in [0.1, 0.15) is 24.4 Å². The molecule has 0 unspecified atom stereocenters. The minimum Gasteiger partial charge on any atom is -0.317 e. The van der Waals surface area contributed by atoms with Crippen LogP contribution < -0.4 is 5.32 Å². The maximum absolute atomic E-state index is 13.1. The quantitative estimate of drug-likeness (QED) is 0.804. The number of likely N-dealkylation sites (tertiary alicyclic amines) is 1. The number of para-hydroxylation sites is 1. The molecular formula is C17H16BrFN2O. The van der Waals surface area contributed by atoms with E-state index in [-0.39, 0.29) is 17.9 Å². The van der Waals surface area contributed by atoms with Gasteiger partial charge in [0, 0.05) is 11.0 Å². The number of halogens is 2. The Kier molecular flexibility index (Phi) is 4.43. The van der Waals surface area contributed by atoms with Gasteiger partial charge in [-0.15, -0.1) is 0 Å². The van der Waals surface area contributed by atoms with Crippen LogP contribution in [0.15, 0.2) is 53.0 Å². The van der Waals surface area contributed by atoms with Crippen LogP contribution in [0.5, 0.6) is 0 Å². The highest BCUT2D eigenvalue weighted by molar-refractivity contribution is 9.10. The lowest BCUT2D eigenvalue weighted by atomic mass is 10.0. The third-order valence-corrected chi connectivity index (χ3v) is 4.58. The van der Waals surface area contributed by atoms with E-state index in [0.717, 1.165) is 28.6 Å². The highest BCUT2D eigenvalue weighted by Crippen LogP contribution is 2.33. The summed E-state index contributed by atoms with van der Waals surface area (Å²) in [7, 11) is 0. The molecule has 1 N–H and O–H groups in total. The first-order chi connectivity index (χ1) is 10.6. The second-order valence-electron chi connectivity index (χ2n) is 5.31. The number of hydrogen-bond acceptors (Lipinski definition) is 1. The van der Waals surface area contributed by atoms with Crippen LogP contribution in [0, 0.1) is 5.82 Å². The smallest absolute Gasteiger partial charge is 0.317 e. The number of amides is 2. The van der Waals surface area contributed by atoms with Crippen molar-refractivity contribution in [3.8, 4) is 0 Å². The summed E-state index contributed by atoms with van der Waals surface area (Å²) in [6, 6.07) is 13.8. The molecule has 3 rings (SSSR count). The van der Waals surface area contributed by atoms with Crippen molar-refractivity contribution in [1.82, 2.24) is 4.90 Å². The Balaban J connectivity index is 1.76. The second kappa shape index (κ2) is 6.48. The standard InChI is InChI=1S/C17H16BrFN2O/c18-14-4-1-2-5-15(14)20-17(22)21-11-3-6-16(21)12-7-9-13(19)10-8-12/h1-2,4-5,7-10,16H,3,6,11H2,(H,20,22)/t16-/m0/s1. The van der Waals surface area contributed by atoms with Crippen LogP contribution >= 0.6 is 15.9 Å². The largest absolute Gasteiger partial charge is 0.322 e.